The minimum Gasteiger partial charge on any atom is -0.457 e. The van der Waals surface area contributed by atoms with Crippen LogP contribution in [0.3, 0.4) is 0 Å². The highest BCUT2D eigenvalue weighted by molar-refractivity contribution is 6.31. The van der Waals surface area contributed by atoms with Crippen molar-refractivity contribution in [2.24, 2.45) is 0 Å². The molecule has 1 aliphatic carbocycles. The highest BCUT2D eigenvalue weighted by Gasteiger charge is 2.20. The summed E-state index contributed by atoms with van der Waals surface area (Å²) in [6.45, 7) is 5.56. The van der Waals surface area contributed by atoms with Gasteiger partial charge in [-0.3, -0.25) is 0 Å². The fourth-order valence-electron chi connectivity index (χ4n) is 1.17. The van der Waals surface area contributed by atoms with E-state index in [0.717, 1.165) is 6.42 Å². The predicted molar refractivity (Wildman–Crippen MR) is 57.1 cm³/mol. The molecule has 0 bridgehead atoms. The minimum absolute atomic E-state index is 0.260. The Morgan fingerprint density at radius 2 is 2.14 bits per heavy atom. The van der Waals surface area contributed by atoms with Crippen LogP contribution >= 0.6 is 11.6 Å². The zero-order chi connectivity index (χ0) is 10.8. The molecular weight excluding hydrogens is 200 g/mol. The number of rotatable bonds is 1. The maximum atomic E-state index is 11.6. The van der Waals surface area contributed by atoms with Crippen LogP contribution in [-0.4, -0.2) is 11.6 Å². The molecule has 0 fully saturated rings. The first kappa shape index (κ1) is 11.3. The van der Waals surface area contributed by atoms with Crippen molar-refractivity contribution in [2.45, 2.75) is 39.2 Å². The first-order valence-electron chi connectivity index (χ1n) is 4.68. The lowest BCUT2D eigenvalue weighted by molar-refractivity contribution is -0.150. The Balaban J connectivity index is 2.66. The van der Waals surface area contributed by atoms with E-state index in [2.05, 4.69) is 0 Å². The van der Waals surface area contributed by atoms with E-state index in [9.17, 15) is 4.79 Å². The summed E-state index contributed by atoms with van der Waals surface area (Å²) in [5.41, 5.74) is 0.221. The van der Waals surface area contributed by atoms with E-state index in [1.807, 2.05) is 26.8 Å². The van der Waals surface area contributed by atoms with E-state index in [-0.39, 0.29) is 5.97 Å². The summed E-state index contributed by atoms with van der Waals surface area (Å²) < 4.78 is 5.23. The van der Waals surface area contributed by atoms with Crippen molar-refractivity contribution in [3.8, 4) is 0 Å². The first-order chi connectivity index (χ1) is 6.38. The number of esters is 1. The largest absolute Gasteiger partial charge is 0.457 e. The molecule has 0 heterocycles. The monoisotopic (exact) mass is 214 g/mol. The van der Waals surface area contributed by atoms with Gasteiger partial charge in [-0.15, -0.1) is 0 Å². The minimum atomic E-state index is -0.439. The van der Waals surface area contributed by atoms with Gasteiger partial charge in [0, 0.05) is 10.6 Å². The lowest BCUT2D eigenvalue weighted by Crippen LogP contribution is -2.25. The lowest BCUT2D eigenvalue weighted by atomic mass is 10.0. The van der Waals surface area contributed by atoms with E-state index in [1.54, 1.807) is 6.08 Å². The molecule has 78 valence electrons. The molecular formula is C11H15ClO2. The van der Waals surface area contributed by atoms with Crippen LogP contribution in [0.5, 0.6) is 0 Å². The van der Waals surface area contributed by atoms with Gasteiger partial charge in [0.05, 0.1) is 0 Å². The van der Waals surface area contributed by atoms with Crippen molar-refractivity contribution in [1.82, 2.24) is 0 Å². The van der Waals surface area contributed by atoms with Gasteiger partial charge < -0.3 is 4.74 Å². The van der Waals surface area contributed by atoms with Gasteiger partial charge >= 0.3 is 5.97 Å². The molecule has 0 saturated heterocycles. The molecule has 3 heteroatoms. The van der Waals surface area contributed by atoms with Gasteiger partial charge in [0.15, 0.2) is 0 Å². The molecule has 0 atom stereocenters. The van der Waals surface area contributed by atoms with E-state index in [1.165, 1.54) is 0 Å². The topological polar surface area (TPSA) is 26.3 Å². The van der Waals surface area contributed by atoms with Crippen LogP contribution in [0, 0.1) is 0 Å². The molecule has 0 radical (unpaired) electrons. The Labute approximate surface area is 89.6 Å². The molecule has 1 rings (SSSR count). The van der Waals surface area contributed by atoms with Crippen LogP contribution in [0.2, 0.25) is 0 Å². The summed E-state index contributed by atoms with van der Waals surface area (Å²) in [6.07, 6.45) is 5.10. The van der Waals surface area contributed by atoms with Crippen LogP contribution < -0.4 is 0 Å². The smallest absolute Gasteiger partial charge is 0.334 e. The second-order valence-electron chi connectivity index (χ2n) is 4.30. The summed E-state index contributed by atoms with van der Waals surface area (Å²) in [5.74, 6) is -0.260. The van der Waals surface area contributed by atoms with Crippen molar-refractivity contribution in [3.63, 3.8) is 0 Å². The zero-order valence-electron chi connectivity index (χ0n) is 8.76. The van der Waals surface area contributed by atoms with Crippen LogP contribution in [0.1, 0.15) is 33.6 Å². The molecule has 0 aromatic heterocycles. The van der Waals surface area contributed by atoms with Crippen LogP contribution in [-0.2, 0) is 9.53 Å². The molecule has 0 amide bonds. The predicted octanol–water partition coefficient (Wildman–Crippen LogP) is 3.17. The zero-order valence-corrected chi connectivity index (χ0v) is 9.52. The highest BCUT2D eigenvalue weighted by atomic mass is 35.5. The van der Waals surface area contributed by atoms with E-state index in [4.69, 9.17) is 16.3 Å². The van der Waals surface area contributed by atoms with E-state index >= 15 is 0 Å². The number of carbonyl (C=O) groups is 1. The van der Waals surface area contributed by atoms with Gasteiger partial charge in [-0.05, 0) is 39.7 Å². The average molecular weight is 215 g/mol. The standard InChI is InChI=1S/C11H15ClO2/c1-11(2,3)14-10(13)8-5-4-6-9(12)7-8/h6-7H,4-5H2,1-3H3. The number of hydrogen-bond acceptors (Lipinski definition) is 2. The Morgan fingerprint density at radius 1 is 1.50 bits per heavy atom. The second-order valence-corrected chi connectivity index (χ2v) is 4.74. The third kappa shape index (κ3) is 3.54. The Hall–Kier alpha value is -0.760. The molecule has 0 aliphatic heterocycles. The van der Waals surface area contributed by atoms with Gasteiger partial charge in [-0.25, -0.2) is 4.79 Å². The van der Waals surface area contributed by atoms with Crippen LogP contribution in [0.4, 0.5) is 0 Å². The van der Waals surface area contributed by atoms with Crippen LogP contribution in [0.15, 0.2) is 22.8 Å². The number of hydrogen-bond donors (Lipinski definition) is 0. The molecule has 0 N–H and O–H groups in total. The highest BCUT2D eigenvalue weighted by Crippen LogP contribution is 2.22. The molecule has 0 unspecified atom stereocenters. The fourth-order valence-corrected chi connectivity index (χ4v) is 1.41. The maximum Gasteiger partial charge on any atom is 0.334 e. The normalized spacial score (nSPS) is 17.1. The number of allylic oxidation sites excluding steroid dienone is 3. The summed E-state index contributed by atoms with van der Waals surface area (Å²) in [4.78, 5) is 11.6. The lowest BCUT2D eigenvalue weighted by Gasteiger charge is -2.21. The maximum absolute atomic E-state index is 11.6. The number of carbonyl (C=O) groups excluding carboxylic acids is 1. The third-order valence-electron chi connectivity index (χ3n) is 1.73. The molecule has 1 aliphatic rings. The molecule has 0 spiro atoms. The Bertz CT molecular complexity index is 295. The molecule has 14 heavy (non-hydrogen) atoms. The third-order valence-corrected chi connectivity index (χ3v) is 1.99. The van der Waals surface area contributed by atoms with Crippen molar-refractivity contribution >= 4 is 17.6 Å². The van der Waals surface area contributed by atoms with E-state index < -0.39 is 5.60 Å². The number of halogens is 1. The van der Waals surface area contributed by atoms with E-state index in [0.29, 0.717) is 17.0 Å². The Morgan fingerprint density at radius 3 is 2.64 bits per heavy atom. The average Bonchev–Trinajstić information content (AvgIpc) is 2.01. The van der Waals surface area contributed by atoms with Gasteiger partial charge in [-0.1, -0.05) is 17.7 Å². The Kier molecular flexibility index (Phi) is 3.38. The summed E-state index contributed by atoms with van der Waals surface area (Å²) in [6, 6.07) is 0. The SMILES string of the molecule is CC(C)(C)OC(=O)C1=CC(Cl)=CCC1. The van der Waals surface area contributed by atoms with Crippen molar-refractivity contribution in [1.29, 1.82) is 0 Å². The summed E-state index contributed by atoms with van der Waals surface area (Å²) in [5, 5.41) is 0.622. The second kappa shape index (κ2) is 4.18. The molecule has 2 nitrogen and oxygen atoms in total. The molecule has 0 saturated carbocycles. The van der Waals surface area contributed by atoms with Gasteiger partial charge in [-0.2, -0.15) is 0 Å². The quantitative estimate of drug-likeness (QED) is 0.627. The van der Waals surface area contributed by atoms with Gasteiger partial charge in [0.25, 0.3) is 0 Å². The van der Waals surface area contributed by atoms with Gasteiger partial charge in [0.2, 0.25) is 0 Å². The summed E-state index contributed by atoms with van der Waals surface area (Å²) >= 11 is 5.80. The molecule has 0 aromatic carbocycles. The number of ether oxygens (including phenoxy) is 1. The first-order valence-corrected chi connectivity index (χ1v) is 5.06. The van der Waals surface area contributed by atoms with Crippen LogP contribution in [0.25, 0.3) is 0 Å². The summed E-state index contributed by atoms with van der Waals surface area (Å²) in [7, 11) is 0. The van der Waals surface area contributed by atoms with Crippen molar-refractivity contribution < 1.29 is 9.53 Å². The van der Waals surface area contributed by atoms with Gasteiger partial charge in [0.1, 0.15) is 5.60 Å². The fraction of sp³-hybridized carbons (Fsp3) is 0.545. The van der Waals surface area contributed by atoms with Crippen molar-refractivity contribution in [3.05, 3.63) is 22.8 Å². The molecule has 0 aromatic rings. The van der Waals surface area contributed by atoms with Crippen molar-refractivity contribution in [2.75, 3.05) is 0 Å².